The Kier molecular flexibility index (Phi) is 7.28. The van der Waals surface area contributed by atoms with Gasteiger partial charge in [0.1, 0.15) is 0 Å². The van der Waals surface area contributed by atoms with E-state index in [1.165, 1.54) is 0 Å². The highest BCUT2D eigenvalue weighted by atomic mass is 16.5. The second kappa shape index (κ2) is 8.00. The summed E-state index contributed by atoms with van der Waals surface area (Å²) in [5.41, 5.74) is 1.58. The third-order valence-corrected chi connectivity index (χ3v) is 1.92. The molecule has 1 amide bonds. The molecule has 0 spiro atoms. The summed E-state index contributed by atoms with van der Waals surface area (Å²) in [4.78, 5) is 11.7. The highest BCUT2D eigenvalue weighted by molar-refractivity contribution is 5.97. The summed E-state index contributed by atoms with van der Waals surface area (Å²) in [6.45, 7) is 8.36. The van der Waals surface area contributed by atoms with E-state index in [1.54, 1.807) is 19.3 Å². The molecule has 0 saturated heterocycles. The summed E-state index contributed by atoms with van der Waals surface area (Å²) in [5.74, 6) is -0.0786. The molecule has 15 heavy (non-hydrogen) atoms. The summed E-state index contributed by atoms with van der Waals surface area (Å²) >= 11 is 0. The molecule has 0 aromatic heterocycles. The molecule has 0 aliphatic heterocycles. The van der Waals surface area contributed by atoms with Gasteiger partial charge in [-0.05, 0) is 19.4 Å². The lowest BCUT2D eigenvalue weighted by atomic mass is 10.1. The van der Waals surface area contributed by atoms with Crippen LogP contribution in [0.15, 0.2) is 36.0 Å². The second-order valence-corrected chi connectivity index (χ2v) is 3.04. The zero-order valence-electron chi connectivity index (χ0n) is 9.67. The van der Waals surface area contributed by atoms with Gasteiger partial charge in [-0.25, -0.2) is 0 Å². The van der Waals surface area contributed by atoms with Crippen molar-refractivity contribution in [3.63, 3.8) is 0 Å². The van der Waals surface area contributed by atoms with Crippen LogP contribution in [0.1, 0.15) is 15.3 Å². The van der Waals surface area contributed by atoms with E-state index in [0.717, 1.165) is 5.57 Å². The Labute approximate surface area is 93.0 Å². The lowest BCUT2D eigenvalue weighted by molar-refractivity contribution is -0.117. The quantitative estimate of drug-likeness (QED) is 0.415. The third kappa shape index (κ3) is 5.18. The minimum atomic E-state index is -0.0786. The van der Waals surface area contributed by atoms with Crippen LogP contribution in [-0.2, 0) is 9.53 Å². The number of carbonyl (C=O) groups is 1. The molecule has 0 unspecified atom stereocenters. The minimum absolute atomic E-state index is 0. The second-order valence-electron chi connectivity index (χ2n) is 3.04. The predicted molar refractivity (Wildman–Crippen MR) is 64.7 cm³/mol. The van der Waals surface area contributed by atoms with Crippen molar-refractivity contribution in [2.24, 2.45) is 0 Å². The highest BCUT2D eigenvalue weighted by Gasteiger charge is 2.08. The van der Waals surface area contributed by atoms with Gasteiger partial charge in [0.05, 0.1) is 6.61 Å². The van der Waals surface area contributed by atoms with Crippen molar-refractivity contribution >= 4 is 5.91 Å². The number of carbonyl (C=O) groups excluding carboxylic acids is 1. The van der Waals surface area contributed by atoms with Crippen LogP contribution in [0.2, 0.25) is 0 Å². The van der Waals surface area contributed by atoms with Crippen molar-refractivity contribution in [1.82, 2.24) is 5.32 Å². The van der Waals surface area contributed by atoms with E-state index < -0.39 is 0 Å². The first-order chi connectivity index (χ1) is 7.17. The average molecular weight is 211 g/mol. The van der Waals surface area contributed by atoms with Gasteiger partial charge in [-0.2, -0.15) is 0 Å². The van der Waals surface area contributed by atoms with E-state index in [2.05, 4.69) is 11.9 Å². The topological polar surface area (TPSA) is 38.3 Å². The van der Waals surface area contributed by atoms with E-state index in [1.807, 2.05) is 19.9 Å². The first-order valence-corrected chi connectivity index (χ1v) is 4.90. The number of hydrogen-bond acceptors (Lipinski definition) is 2. The van der Waals surface area contributed by atoms with Gasteiger partial charge in [-0.3, -0.25) is 4.79 Å². The maximum Gasteiger partial charge on any atom is 0.251 e. The van der Waals surface area contributed by atoms with E-state index in [9.17, 15) is 4.79 Å². The van der Waals surface area contributed by atoms with E-state index in [0.29, 0.717) is 18.7 Å². The van der Waals surface area contributed by atoms with Gasteiger partial charge in [0.15, 0.2) is 0 Å². The fourth-order valence-corrected chi connectivity index (χ4v) is 1.17. The smallest absolute Gasteiger partial charge is 0.251 e. The molecule has 0 heterocycles. The van der Waals surface area contributed by atoms with Crippen LogP contribution in [-0.4, -0.2) is 26.2 Å². The summed E-state index contributed by atoms with van der Waals surface area (Å²) in [6, 6.07) is 0. The van der Waals surface area contributed by atoms with Crippen LogP contribution >= 0.6 is 0 Å². The number of rotatable bonds is 6. The molecule has 0 aromatic rings. The van der Waals surface area contributed by atoms with Gasteiger partial charge in [-0.15, -0.1) is 0 Å². The van der Waals surface area contributed by atoms with Crippen LogP contribution in [0.25, 0.3) is 0 Å². The van der Waals surface area contributed by atoms with Gasteiger partial charge in [-0.1, -0.05) is 24.8 Å². The molecule has 0 aliphatic rings. The predicted octanol–water partition coefficient (Wildman–Crippen LogP) is 2.07. The summed E-state index contributed by atoms with van der Waals surface area (Å²) in [6.07, 6.45) is 5.27. The molecule has 0 aromatic carbocycles. The Morgan fingerprint density at radius 3 is 2.73 bits per heavy atom. The molecule has 0 radical (unpaired) electrons. The first-order valence-electron chi connectivity index (χ1n) is 4.90. The molecule has 0 saturated carbocycles. The number of amides is 1. The van der Waals surface area contributed by atoms with Crippen molar-refractivity contribution in [3.05, 3.63) is 36.0 Å². The Balaban J connectivity index is 0. The van der Waals surface area contributed by atoms with Crippen LogP contribution in [0, 0.1) is 0 Å². The van der Waals surface area contributed by atoms with Crippen molar-refractivity contribution in [3.8, 4) is 0 Å². The summed E-state index contributed by atoms with van der Waals surface area (Å²) < 4.78 is 4.85. The molecular weight excluding hydrogens is 190 g/mol. The number of hydrogen-bond donors (Lipinski definition) is 1. The third-order valence-electron chi connectivity index (χ3n) is 1.92. The Hall–Kier alpha value is -1.35. The monoisotopic (exact) mass is 211 g/mol. The van der Waals surface area contributed by atoms with Gasteiger partial charge in [0.2, 0.25) is 0 Å². The largest absolute Gasteiger partial charge is 0.383 e. The van der Waals surface area contributed by atoms with Gasteiger partial charge in [0.25, 0.3) is 5.91 Å². The Bertz CT molecular complexity index is 283. The van der Waals surface area contributed by atoms with Crippen molar-refractivity contribution in [2.45, 2.75) is 13.8 Å². The maximum atomic E-state index is 11.7. The highest BCUT2D eigenvalue weighted by Crippen LogP contribution is 2.08. The zero-order valence-corrected chi connectivity index (χ0v) is 9.67. The number of methoxy groups -OCH3 is 1. The Morgan fingerprint density at radius 1 is 1.60 bits per heavy atom. The van der Waals surface area contributed by atoms with Gasteiger partial charge >= 0.3 is 0 Å². The molecule has 1 N–H and O–H groups in total. The summed E-state index contributed by atoms with van der Waals surface area (Å²) in [7, 11) is 1.60. The number of ether oxygens (including phenoxy) is 1. The standard InChI is InChI=1S/C12H19NO2.H2/c1-5-7-10(3)11(6-2)12(14)13-8-9-15-4;/h5-7H,1,8-9H2,2-4H3,(H,13,14);1H/b10-7+,11-6+;. The fraction of sp³-hybridized carbons (Fsp3) is 0.417. The molecule has 0 atom stereocenters. The van der Waals surface area contributed by atoms with Crippen LogP contribution in [0.3, 0.4) is 0 Å². The molecule has 0 fully saturated rings. The number of allylic oxidation sites excluding steroid dienone is 3. The Morgan fingerprint density at radius 2 is 2.27 bits per heavy atom. The van der Waals surface area contributed by atoms with Crippen molar-refractivity contribution in [1.29, 1.82) is 0 Å². The first kappa shape index (κ1) is 13.7. The lowest BCUT2D eigenvalue weighted by Gasteiger charge is -2.08. The van der Waals surface area contributed by atoms with Crippen LogP contribution in [0.5, 0.6) is 0 Å². The lowest BCUT2D eigenvalue weighted by Crippen LogP contribution is -2.28. The molecule has 3 heteroatoms. The molecule has 0 rings (SSSR count). The van der Waals surface area contributed by atoms with E-state index in [-0.39, 0.29) is 7.33 Å². The zero-order chi connectivity index (χ0) is 11.7. The fourth-order valence-electron chi connectivity index (χ4n) is 1.17. The molecule has 3 nitrogen and oxygen atoms in total. The average Bonchev–Trinajstić information content (AvgIpc) is 2.19. The molecule has 0 bridgehead atoms. The van der Waals surface area contributed by atoms with Gasteiger partial charge in [0, 0.05) is 20.7 Å². The van der Waals surface area contributed by atoms with Crippen LogP contribution in [0.4, 0.5) is 0 Å². The molecule has 0 aliphatic carbocycles. The molecular formula is C12H21NO2. The van der Waals surface area contributed by atoms with Crippen LogP contribution < -0.4 is 5.32 Å². The molecule has 86 valence electrons. The van der Waals surface area contributed by atoms with Crippen molar-refractivity contribution < 1.29 is 11.0 Å². The maximum absolute atomic E-state index is 11.7. The van der Waals surface area contributed by atoms with Crippen molar-refractivity contribution in [2.75, 3.05) is 20.3 Å². The number of nitrogens with one attached hydrogen (secondary N) is 1. The summed E-state index contributed by atoms with van der Waals surface area (Å²) in [5, 5.41) is 2.77. The normalized spacial score (nSPS) is 12.5. The van der Waals surface area contributed by atoms with E-state index in [4.69, 9.17) is 4.74 Å². The van der Waals surface area contributed by atoms with E-state index >= 15 is 0 Å². The van der Waals surface area contributed by atoms with Gasteiger partial charge < -0.3 is 10.1 Å². The SMILES string of the molecule is C=C/C=C(C)/C(=C\C)C(=O)NCCOC.[HH]. The minimum Gasteiger partial charge on any atom is -0.383 e.